The zero-order chi connectivity index (χ0) is 20.6. The van der Waals surface area contributed by atoms with E-state index >= 15 is 0 Å². The SMILES string of the molecule is CCOC(=O)c1ccccc1NC(=O)CSc1nnc(-c2cccc(OC)c2)o1. The Labute approximate surface area is 171 Å². The van der Waals surface area contributed by atoms with Gasteiger partial charge in [-0.1, -0.05) is 30.0 Å². The molecule has 0 saturated carbocycles. The first-order valence-corrected chi connectivity index (χ1v) is 9.76. The summed E-state index contributed by atoms with van der Waals surface area (Å²) in [5, 5.41) is 10.9. The Bertz CT molecular complexity index is 1010. The number of carbonyl (C=O) groups excluding carboxylic acids is 2. The molecule has 0 bridgehead atoms. The van der Waals surface area contributed by atoms with Crippen LogP contribution in [0.25, 0.3) is 11.5 Å². The summed E-state index contributed by atoms with van der Waals surface area (Å²) in [5.74, 6) is 0.245. The van der Waals surface area contributed by atoms with Crippen molar-refractivity contribution in [3.05, 3.63) is 54.1 Å². The summed E-state index contributed by atoms with van der Waals surface area (Å²) in [6.07, 6.45) is 0. The van der Waals surface area contributed by atoms with Crippen LogP contribution < -0.4 is 10.1 Å². The summed E-state index contributed by atoms with van der Waals surface area (Å²) >= 11 is 1.10. The molecule has 3 rings (SSSR count). The molecule has 0 aliphatic carbocycles. The summed E-state index contributed by atoms with van der Waals surface area (Å²) in [6.45, 7) is 1.98. The van der Waals surface area contributed by atoms with E-state index < -0.39 is 5.97 Å². The number of amides is 1. The number of benzene rings is 2. The highest BCUT2D eigenvalue weighted by molar-refractivity contribution is 7.99. The number of rotatable bonds is 8. The zero-order valence-electron chi connectivity index (χ0n) is 15.9. The van der Waals surface area contributed by atoms with E-state index in [0.717, 1.165) is 17.3 Å². The molecule has 0 radical (unpaired) electrons. The van der Waals surface area contributed by atoms with E-state index in [4.69, 9.17) is 13.9 Å². The third kappa shape index (κ3) is 5.35. The van der Waals surface area contributed by atoms with Crippen molar-refractivity contribution >= 4 is 29.3 Å². The minimum absolute atomic E-state index is 0.0386. The maximum Gasteiger partial charge on any atom is 0.340 e. The topological polar surface area (TPSA) is 104 Å². The molecule has 8 nitrogen and oxygen atoms in total. The molecule has 0 atom stereocenters. The number of nitrogens with zero attached hydrogens (tertiary/aromatic N) is 2. The second-order valence-electron chi connectivity index (χ2n) is 5.71. The summed E-state index contributed by atoms with van der Waals surface area (Å²) < 4.78 is 15.8. The lowest BCUT2D eigenvalue weighted by Gasteiger charge is -2.09. The van der Waals surface area contributed by atoms with Crippen LogP contribution in [0.1, 0.15) is 17.3 Å². The molecule has 1 N–H and O–H groups in total. The van der Waals surface area contributed by atoms with Gasteiger partial charge in [0.1, 0.15) is 5.75 Å². The predicted molar refractivity (Wildman–Crippen MR) is 108 cm³/mol. The van der Waals surface area contributed by atoms with Crippen molar-refractivity contribution in [2.45, 2.75) is 12.1 Å². The number of methoxy groups -OCH3 is 1. The molecule has 2 aromatic carbocycles. The van der Waals surface area contributed by atoms with Crippen LogP contribution in [-0.2, 0) is 9.53 Å². The van der Waals surface area contributed by atoms with Crippen LogP contribution in [0.2, 0.25) is 0 Å². The Kier molecular flexibility index (Phi) is 6.85. The van der Waals surface area contributed by atoms with Crippen LogP contribution in [0, 0.1) is 0 Å². The lowest BCUT2D eigenvalue weighted by molar-refractivity contribution is -0.113. The molecule has 1 amide bonds. The number of esters is 1. The van der Waals surface area contributed by atoms with Crippen molar-refractivity contribution in [1.82, 2.24) is 10.2 Å². The highest BCUT2D eigenvalue weighted by Crippen LogP contribution is 2.26. The number of aromatic nitrogens is 2. The van der Waals surface area contributed by atoms with E-state index in [1.807, 2.05) is 18.2 Å². The van der Waals surface area contributed by atoms with Gasteiger partial charge in [0, 0.05) is 5.56 Å². The fourth-order valence-corrected chi connectivity index (χ4v) is 3.00. The molecule has 3 aromatic rings. The van der Waals surface area contributed by atoms with Crippen molar-refractivity contribution in [3.63, 3.8) is 0 Å². The van der Waals surface area contributed by atoms with Gasteiger partial charge in [-0.15, -0.1) is 10.2 Å². The first-order chi connectivity index (χ1) is 14.1. The minimum Gasteiger partial charge on any atom is -0.497 e. The van der Waals surface area contributed by atoms with E-state index in [1.54, 1.807) is 44.4 Å². The average Bonchev–Trinajstić information content (AvgIpc) is 3.22. The Morgan fingerprint density at radius 3 is 2.76 bits per heavy atom. The van der Waals surface area contributed by atoms with E-state index in [2.05, 4.69) is 15.5 Å². The van der Waals surface area contributed by atoms with Gasteiger partial charge in [-0.2, -0.15) is 0 Å². The summed E-state index contributed by atoms with van der Waals surface area (Å²) in [5.41, 5.74) is 1.40. The Balaban J connectivity index is 1.61. The molecule has 0 unspecified atom stereocenters. The van der Waals surface area contributed by atoms with Gasteiger partial charge in [0.2, 0.25) is 11.8 Å². The van der Waals surface area contributed by atoms with Crippen LogP contribution in [0.4, 0.5) is 5.69 Å². The highest BCUT2D eigenvalue weighted by Gasteiger charge is 2.15. The number of hydrogen-bond donors (Lipinski definition) is 1. The fourth-order valence-electron chi connectivity index (χ4n) is 2.43. The highest BCUT2D eigenvalue weighted by atomic mass is 32.2. The maximum absolute atomic E-state index is 12.3. The molecule has 1 heterocycles. The van der Waals surface area contributed by atoms with Crippen LogP contribution >= 0.6 is 11.8 Å². The number of hydrogen-bond acceptors (Lipinski definition) is 8. The number of ether oxygens (including phenoxy) is 2. The van der Waals surface area contributed by atoms with E-state index in [9.17, 15) is 9.59 Å². The van der Waals surface area contributed by atoms with Crippen molar-refractivity contribution in [1.29, 1.82) is 0 Å². The van der Waals surface area contributed by atoms with Gasteiger partial charge in [0.15, 0.2) is 0 Å². The molecular weight excluding hydrogens is 394 g/mol. The standard InChI is InChI=1S/C20H19N3O5S/c1-3-27-19(25)15-9-4-5-10-16(15)21-17(24)12-29-20-23-22-18(28-20)13-7-6-8-14(11-13)26-2/h4-11H,3,12H2,1-2H3,(H,21,24). The molecule has 0 aliphatic rings. The first kappa shape index (κ1) is 20.4. The van der Waals surface area contributed by atoms with Crippen LogP contribution in [0.5, 0.6) is 5.75 Å². The van der Waals surface area contributed by atoms with Crippen LogP contribution in [0.15, 0.2) is 58.2 Å². The molecule has 0 spiro atoms. The van der Waals surface area contributed by atoms with Crippen LogP contribution in [0.3, 0.4) is 0 Å². The number of carbonyl (C=O) groups is 2. The monoisotopic (exact) mass is 413 g/mol. The molecule has 150 valence electrons. The van der Waals surface area contributed by atoms with Gasteiger partial charge in [-0.3, -0.25) is 4.79 Å². The smallest absolute Gasteiger partial charge is 0.340 e. The Morgan fingerprint density at radius 1 is 1.14 bits per heavy atom. The molecule has 0 fully saturated rings. The number of thioether (sulfide) groups is 1. The van der Waals surface area contributed by atoms with Gasteiger partial charge in [-0.05, 0) is 37.3 Å². The number of para-hydroxylation sites is 1. The second kappa shape index (κ2) is 9.74. The Morgan fingerprint density at radius 2 is 1.97 bits per heavy atom. The average molecular weight is 413 g/mol. The number of anilines is 1. The summed E-state index contributed by atoms with van der Waals surface area (Å²) in [7, 11) is 1.58. The largest absolute Gasteiger partial charge is 0.497 e. The van der Waals surface area contributed by atoms with Crippen molar-refractivity contribution < 1.29 is 23.5 Å². The van der Waals surface area contributed by atoms with Crippen molar-refractivity contribution in [2.75, 3.05) is 24.8 Å². The van der Waals surface area contributed by atoms with E-state index in [-0.39, 0.29) is 23.5 Å². The molecule has 29 heavy (non-hydrogen) atoms. The van der Waals surface area contributed by atoms with Gasteiger partial charge < -0.3 is 19.2 Å². The first-order valence-electron chi connectivity index (χ1n) is 8.77. The maximum atomic E-state index is 12.3. The van der Waals surface area contributed by atoms with Crippen molar-refractivity contribution in [3.8, 4) is 17.2 Å². The number of nitrogens with one attached hydrogen (secondary N) is 1. The lowest BCUT2D eigenvalue weighted by Crippen LogP contribution is -2.17. The zero-order valence-corrected chi connectivity index (χ0v) is 16.7. The quantitative estimate of drug-likeness (QED) is 0.441. The van der Waals surface area contributed by atoms with Crippen molar-refractivity contribution in [2.24, 2.45) is 0 Å². The minimum atomic E-state index is -0.490. The summed E-state index contributed by atoms with van der Waals surface area (Å²) in [6, 6.07) is 13.9. The third-order valence-corrected chi connectivity index (χ3v) is 4.56. The van der Waals surface area contributed by atoms with Crippen LogP contribution in [-0.4, -0.2) is 41.5 Å². The Hall–Kier alpha value is -3.33. The van der Waals surface area contributed by atoms with Gasteiger partial charge in [-0.25, -0.2) is 4.79 Å². The molecule has 0 aliphatic heterocycles. The lowest BCUT2D eigenvalue weighted by atomic mass is 10.2. The molecule has 0 saturated heterocycles. The predicted octanol–water partition coefficient (Wildman–Crippen LogP) is 3.65. The van der Waals surface area contributed by atoms with E-state index in [0.29, 0.717) is 22.9 Å². The molecule has 9 heteroatoms. The fraction of sp³-hybridized carbons (Fsp3) is 0.200. The second-order valence-corrected chi connectivity index (χ2v) is 6.63. The van der Waals surface area contributed by atoms with E-state index in [1.165, 1.54) is 0 Å². The molecule has 1 aromatic heterocycles. The third-order valence-electron chi connectivity index (χ3n) is 3.75. The van der Waals surface area contributed by atoms with Gasteiger partial charge in [0.05, 0.1) is 30.7 Å². The van der Waals surface area contributed by atoms with Gasteiger partial charge >= 0.3 is 5.97 Å². The molecular formula is C20H19N3O5S. The van der Waals surface area contributed by atoms with Gasteiger partial charge in [0.25, 0.3) is 5.22 Å². The summed E-state index contributed by atoms with van der Waals surface area (Å²) in [4.78, 5) is 24.3. The normalized spacial score (nSPS) is 10.4.